The Kier molecular flexibility index (Phi) is 12.1. The van der Waals surface area contributed by atoms with Crippen LogP contribution >= 0.6 is 0 Å². The summed E-state index contributed by atoms with van der Waals surface area (Å²) in [5.41, 5.74) is 4.69. The van der Waals surface area contributed by atoms with Crippen LogP contribution < -0.4 is 10.6 Å². The highest BCUT2D eigenvalue weighted by Gasteiger charge is 2.33. The Morgan fingerprint density at radius 1 is 0.905 bits per heavy atom. The van der Waals surface area contributed by atoms with Gasteiger partial charge in [-0.2, -0.15) is 0 Å². The Balaban J connectivity index is 1.40. The number of aliphatic hydroxyl groups is 1. The van der Waals surface area contributed by atoms with E-state index in [-0.39, 0.29) is 30.6 Å². The van der Waals surface area contributed by atoms with Gasteiger partial charge < -0.3 is 25.2 Å². The van der Waals surface area contributed by atoms with Crippen LogP contribution in [0.3, 0.4) is 0 Å². The number of nitrogens with one attached hydrogen (secondary N) is 2. The van der Waals surface area contributed by atoms with Gasteiger partial charge in [0.25, 0.3) is 0 Å². The molecule has 0 saturated carbocycles. The van der Waals surface area contributed by atoms with Crippen molar-refractivity contribution in [3.8, 4) is 0 Å². The van der Waals surface area contributed by atoms with E-state index in [4.69, 9.17) is 9.47 Å². The second-order valence-electron chi connectivity index (χ2n) is 11.0. The molecule has 224 valence electrons. The van der Waals surface area contributed by atoms with Crippen LogP contribution in [0.5, 0.6) is 0 Å². The molecule has 4 rings (SSSR count). The lowest BCUT2D eigenvalue weighted by Gasteiger charge is -2.38. The van der Waals surface area contributed by atoms with Gasteiger partial charge in [-0.15, -0.1) is 0 Å². The van der Waals surface area contributed by atoms with Gasteiger partial charge in [0.2, 0.25) is 11.8 Å². The molecule has 42 heavy (non-hydrogen) atoms. The molecule has 3 unspecified atom stereocenters. The standard InChI is InChI=1S/C34H43N3O5/c1-25(39)35-19-8-4-7-14-33(40)36-30-13-9-12-29(20-30)34-41-31(23-37(2)22-26-10-5-3-6-11-26)21-32(42-34)28-17-15-27(24-38)16-18-28/h3,5-6,9-13,15-18,20,31-32,34,38H,4,7-8,14,19,21-24H2,1-2H3,(H,35,39)(H,36,40). The smallest absolute Gasteiger partial charge is 0.224 e. The average molecular weight is 574 g/mol. The van der Waals surface area contributed by atoms with Crippen LogP contribution in [-0.2, 0) is 32.2 Å². The number of likely N-dealkylation sites (N-methyl/N-ethyl adjacent to an activating group) is 1. The van der Waals surface area contributed by atoms with Crippen LogP contribution in [0.4, 0.5) is 5.69 Å². The molecule has 0 radical (unpaired) electrons. The third-order valence-corrected chi connectivity index (χ3v) is 7.32. The predicted molar refractivity (Wildman–Crippen MR) is 163 cm³/mol. The van der Waals surface area contributed by atoms with Crippen LogP contribution in [0.2, 0.25) is 0 Å². The molecule has 0 spiro atoms. The van der Waals surface area contributed by atoms with Gasteiger partial charge in [0, 0.05) is 50.7 Å². The fourth-order valence-electron chi connectivity index (χ4n) is 5.18. The third-order valence-electron chi connectivity index (χ3n) is 7.32. The Labute approximate surface area is 249 Å². The average Bonchev–Trinajstić information content (AvgIpc) is 2.99. The number of rotatable bonds is 14. The van der Waals surface area contributed by atoms with Gasteiger partial charge in [-0.05, 0) is 48.7 Å². The van der Waals surface area contributed by atoms with Crippen LogP contribution in [-0.4, -0.2) is 48.1 Å². The quantitative estimate of drug-likeness (QED) is 0.221. The minimum Gasteiger partial charge on any atom is -0.392 e. The molecule has 1 saturated heterocycles. The maximum Gasteiger partial charge on any atom is 0.224 e. The first-order chi connectivity index (χ1) is 20.4. The second-order valence-corrected chi connectivity index (χ2v) is 11.0. The number of hydrogen-bond acceptors (Lipinski definition) is 6. The van der Waals surface area contributed by atoms with E-state index in [1.807, 2.05) is 54.6 Å². The lowest BCUT2D eigenvalue weighted by Crippen LogP contribution is -2.37. The fourth-order valence-corrected chi connectivity index (χ4v) is 5.18. The van der Waals surface area contributed by atoms with E-state index in [1.165, 1.54) is 12.5 Å². The lowest BCUT2D eigenvalue weighted by molar-refractivity contribution is -0.252. The minimum absolute atomic E-state index is 0.0000312. The van der Waals surface area contributed by atoms with Crippen molar-refractivity contribution < 1.29 is 24.2 Å². The first kappa shape index (κ1) is 31.4. The molecule has 8 heteroatoms. The van der Waals surface area contributed by atoms with Crippen molar-refractivity contribution in [1.82, 2.24) is 10.2 Å². The van der Waals surface area contributed by atoms with Crippen molar-refractivity contribution in [3.63, 3.8) is 0 Å². The van der Waals surface area contributed by atoms with Crippen LogP contribution in [0, 0.1) is 0 Å². The number of nitrogens with zero attached hydrogens (tertiary/aromatic N) is 1. The van der Waals surface area contributed by atoms with E-state index in [9.17, 15) is 14.7 Å². The van der Waals surface area contributed by atoms with Crippen molar-refractivity contribution in [2.45, 2.75) is 70.7 Å². The first-order valence-electron chi connectivity index (χ1n) is 14.8. The van der Waals surface area contributed by atoms with Gasteiger partial charge >= 0.3 is 0 Å². The van der Waals surface area contributed by atoms with Gasteiger partial charge in [-0.1, -0.05) is 73.2 Å². The van der Waals surface area contributed by atoms with Crippen LogP contribution in [0.15, 0.2) is 78.9 Å². The highest BCUT2D eigenvalue weighted by Crippen LogP contribution is 2.38. The summed E-state index contributed by atoms with van der Waals surface area (Å²) in [5.74, 6) is -0.0746. The highest BCUT2D eigenvalue weighted by molar-refractivity contribution is 5.90. The molecule has 2 amide bonds. The van der Waals surface area contributed by atoms with Gasteiger partial charge in [-0.3, -0.25) is 14.5 Å². The highest BCUT2D eigenvalue weighted by atomic mass is 16.7. The molecule has 1 aliphatic heterocycles. The van der Waals surface area contributed by atoms with Gasteiger partial charge in [-0.25, -0.2) is 0 Å². The summed E-state index contributed by atoms with van der Waals surface area (Å²) in [6, 6.07) is 25.9. The predicted octanol–water partition coefficient (Wildman–Crippen LogP) is 5.49. The van der Waals surface area contributed by atoms with E-state index in [0.29, 0.717) is 25.1 Å². The first-order valence-corrected chi connectivity index (χ1v) is 14.8. The summed E-state index contributed by atoms with van der Waals surface area (Å²) in [5, 5.41) is 15.3. The second kappa shape index (κ2) is 16.2. The number of ether oxygens (including phenoxy) is 2. The number of hydrogen-bond donors (Lipinski definition) is 3. The van der Waals surface area contributed by atoms with Crippen molar-refractivity contribution in [1.29, 1.82) is 0 Å². The summed E-state index contributed by atoms with van der Waals surface area (Å²) >= 11 is 0. The Hall–Kier alpha value is -3.56. The summed E-state index contributed by atoms with van der Waals surface area (Å²) in [6.45, 7) is 3.69. The molecule has 1 heterocycles. The largest absolute Gasteiger partial charge is 0.392 e. The number of anilines is 1. The summed E-state index contributed by atoms with van der Waals surface area (Å²) in [4.78, 5) is 25.8. The van der Waals surface area contributed by atoms with Crippen molar-refractivity contribution in [2.75, 3.05) is 25.5 Å². The molecule has 0 aliphatic carbocycles. The maximum absolute atomic E-state index is 12.6. The number of aliphatic hydroxyl groups excluding tert-OH is 1. The maximum atomic E-state index is 12.6. The summed E-state index contributed by atoms with van der Waals surface area (Å²) < 4.78 is 13.0. The van der Waals surface area contributed by atoms with Crippen molar-refractivity contribution in [3.05, 3.63) is 101 Å². The molecular weight excluding hydrogens is 530 g/mol. The molecule has 3 aromatic carbocycles. The van der Waals surface area contributed by atoms with E-state index in [0.717, 1.165) is 49.0 Å². The van der Waals surface area contributed by atoms with E-state index in [1.54, 1.807) is 0 Å². The zero-order chi connectivity index (χ0) is 29.7. The Bertz CT molecular complexity index is 1270. The topological polar surface area (TPSA) is 100 Å². The normalized spacial score (nSPS) is 18.5. The molecule has 3 aromatic rings. The zero-order valence-corrected chi connectivity index (χ0v) is 24.6. The van der Waals surface area contributed by atoms with E-state index < -0.39 is 6.29 Å². The minimum atomic E-state index is -0.595. The van der Waals surface area contributed by atoms with Gasteiger partial charge in [0.1, 0.15) is 0 Å². The summed E-state index contributed by atoms with van der Waals surface area (Å²) in [6.07, 6.45) is 2.76. The molecule has 3 N–H and O–H groups in total. The molecule has 0 bridgehead atoms. The van der Waals surface area contributed by atoms with Crippen molar-refractivity contribution in [2.24, 2.45) is 0 Å². The SMILES string of the molecule is CC(=O)NCCCCCC(=O)Nc1cccc(C2OC(CN(C)Cc3ccccc3)CC(c3ccc(CO)cc3)O2)c1. The number of carbonyl (C=O) groups excluding carboxylic acids is 2. The van der Waals surface area contributed by atoms with E-state index in [2.05, 4.69) is 46.8 Å². The van der Waals surface area contributed by atoms with E-state index >= 15 is 0 Å². The lowest BCUT2D eigenvalue weighted by atomic mass is 9.99. The number of amides is 2. The Morgan fingerprint density at radius 2 is 1.69 bits per heavy atom. The molecule has 1 aliphatic rings. The zero-order valence-electron chi connectivity index (χ0n) is 24.6. The molecular formula is C34H43N3O5. The number of benzene rings is 3. The van der Waals surface area contributed by atoms with Gasteiger partial charge in [0.15, 0.2) is 6.29 Å². The number of carbonyl (C=O) groups is 2. The van der Waals surface area contributed by atoms with Crippen LogP contribution in [0.25, 0.3) is 0 Å². The molecule has 1 fully saturated rings. The Morgan fingerprint density at radius 3 is 2.43 bits per heavy atom. The van der Waals surface area contributed by atoms with Crippen molar-refractivity contribution >= 4 is 17.5 Å². The third kappa shape index (κ3) is 10.1. The molecule has 0 aromatic heterocycles. The number of unbranched alkanes of at least 4 members (excludes halogenated alkanes) is 2. The summed E-state index contributed by atoms with van der Waals surface area (Å²) in [7, 11) is 2.10. The molecule has 3 atom stereocenters. The molecule has 8 nitrogen and oxygen atoms in total. The fraction of sp³-hybridized carbons (Fsp3) is 0.412. The van der Waals surface area contributed by atoms with Crippen LogP contribution in [0.1, 0.15) is 73.7 Å². The van der Waals surface area contributed by atoms with Gasteiger partial charge in [0.05, 0.1) is 18.8 Å². The monoisotopic (exact) mass is 573 g/mol.